The summed E-state index contributed by atoms with van der Waals surface area (Å²) in [5.74, 6) is 2.74. The van der Waals surface area contributed by atoms with Crippen LogP contribution in [0.2, 0.25) is 0 Å². The Bertz CT molecular complexity index is 575. The highest BCUT2D eigenvalue weighted by molar-refractivity contribution is 14.0. The monoisotopic (exact) mass is 477 g/mol. The molecule has 8 heteroatoms. The predicted molar refractivity (Wildman–Crippen MR) is 114 cm³/mol. The van der Waals surface area contributed by atoms with Crippen LogP contribution in [-0.4, -0.2) is 48.9 Å². The summed E-state index contributed by atoms with van der Waals surface area (Å²) in [6.07, 6.45) is 6.47. The summed E-state index contributed by atoms with van der Waals surface area (Å²) in [6.45, 7) is 5.27. The van der Waals surface area contributed by atoms with Crippen LogP contribution in [0.1, 0.15) is 49.4 Å². The molecule has 0 saturated heterocycles. The Balaban J connectivity index is 0.00000338. The Hall–Kier alpha value is -1.32. The fraction of sp³-hybridized carbons (Fsp3) is 0.722. The number of aromatic nitrogens is 1. The summed E-state index contributed by atoms with van der Waals surface area (Å²) in [4.78, 5) is 22.1. The van der Waals surface area contributed by atoms with E-state index < -0.39 is 0 Å². The Morgan fingerprint density at radius 1 is 1.23 bits per heavy atom. The normalized spacial score (nSPS) is 15.3. The molecule has 26 heavy (non-hydrogen) atoms. The number of amides is 1. The van der Waals surface area contributed by atoms with Gasteiger partial charge in [0.05, 0.1) is 12.2 Å². The van der Waals surface area contributed by atoms with E-state index in [9.17, 15) is 4.79 Å². The van der Waals surface area contributed by atoms with Gasteiger partial charge in [0.15, 0.2) is 5.96 Å². The van der Waals surface area contributed by atoms with Crippen molar-refractivity contribution in [3.8, 4) is 0 Å². The molecule has 0 aliphatic heterocycles. The van der Waals surface area contributed by atoms with Crippen LogP contribution in [0.25, 0.3) is 0 Å². The maximum Gasteiger partial charge on any atom is 0.243 e. The molecular formula is C18H32IN5O2. The zero-order valence-electron chi connectivity index (χ0n) is 16.3. The van der Waals surface area contributed by atoms with Gasteiger partial charge in [-0.05, 0) is 32.6 Å². The number of hydrogen-bond acceptors (Lipinski definition) is 4. The number of likely N-dealkylation sites (N-methyl/N-ethyl adjacent to an activating group) is 1. The SMILES string of the molecule is Cc1nc(CNC(=NCC(=O)N(C)C)NCC2CCCCC2)oc1C.I. The zero-order valence-corrected chi connectivity index (χ0v) is 18.6. The van der Waals surface area contributed by atoms with Gasteiger partial charge >= 0.3 is 0 Å². The van der Waals surface area contributed by atoms with Crippen molar-refractivity contribution in [2.24, 2.45) is 10.9 Å². The van der Waals surface area contributed by atoms with Gasteiger partial charge in [-0.2, -0.15) is 0 Å². The molecule has 1 aromatic rings. The molecule has 1 aliphatic rings. The molecule has 1 aromatic heterocycles. The smallest absolute Gasteiger partial charge is 0.243 e. The lowest BCUT2D eigenvalue weighted by molar-refractivity contribution is -0.127. The van der Waals surface area contributed by atoms with Crippen molar-refractivity contribution in [3.05, 3.63) is 17.3 Å². The molecular weight excluding hydrogens is 445 g/mol. The van der Waals surface area contributed by atoms with E-state index in [2.05, 4.69) is 20.6 Å². The minimum Gasteiger partial charge on any atom is -0.444 e. The van der Waals surface area contributed by atoms with Gasteiger partial charge in [0.2, 0.25) is 11.8 Å². The van der Waals surface area contributed by atoms with E-state index >= 15 is 0 Å². The highest BCUT2D eigenvalue weighted by Gasteiger charge is 2.14. The van der Waals surface area contributed by atoms with Crippen molar-refractivity contribution in [3.63, 3.8) is 0 Å². The van der Waals surface area contributed by atoms with E-state index in [4.69, 9.17) is 4.42 Å². The number of carbonyl (C=O) groups excluding carboxylic acids is 1. The lowest BCUT2D eigenvalue weighted by Crippen LogP contribution is -2.40. The molecule has 0 spiro atoms. The molecule has 1 fully saturated rings. The van der Waals surface area contributed by atoms with E-state index in [0.29, 0.717) is 24.3 Å². The van der Waals surface area contributed by atoms with Crippen molar-refractivity contribution in [1.29, 1.82) is 0 Å². The Labute approximate surface area is 173 Å². The third-order valence-electron chi connectivity index (χ3n) is 4.63. The zero-order chi connectivity index (χ0) is 18.2. The highest BCUT2D eigenvalue weighted by Crippen LogP contribution is 2.22. The predicted octanol–water partition coefficient (Wildman–Crippen LogP) is 2.61. The maximum absolute atomic E-state index is 11.8. The summed E-state index contributed by atoms with van der Waals surface area (Å²) < 4.78 is 5.59. The van der Waals surface area contributed by atoms with Gasteiger partial charge < -0.3 is 20.0 Å². The molecule has 148 valence electrons. The molecule has 1 saturated carbocycles. The lowest BCUT2D eigenvalue weighted by atomic mass is 9.89. The number of halogens is 1. The van der Waals surface area contributed by atoms with Crippen LogP contribution < -0.4 is 10.6 Å². The minimum absolute atomic E-state index is 0. The Kier molecular flexibility index (Phi) is 9.97. The van der Waals surface area contributed by atoms with Crippen LogP contribution in [0, 0.1) is 19.8 Å². The van der Waals surface area contributed by atoms with Crippen molar-refractivity contribution in [1.82, 2.24) is 20.5 Å². The number of hydrogen-bond donors (Lipinski definition) is 2. The van der Waals surface area contributed by atoms with Gasteiger partial charge in [-0.1, -0.05) is 19.3 Å². The molecule has 2 rings (SSSR count). The minimum atomic E-state index is -0.0263. The Morgan fingerprint density at radius 3 is 2.50 bits per heavy atom. The first-order valence-corrected chi connectivity index (χ1v) is 9.11. The van der Waals surface area contributed by atoms with E-state index in [1.807, 2.05) is 13.8 Å². The molecule has 1 aliphatic carbocycles. The largest absolute Gasteiger partial charge is 0.444 e. The van der Waals surface area contributed by atoms with Crippen molar-refractivity contribution >= 4 is 35.8 Å². The number of oxazole rings is 1. The maximum atomic E-state index is 11.8. The summed E-state index contributed by atoms with van der Waals surface area (Å²) in [7, 11) is 3.47. The van der Waals surface area contributed by atoms with Crippen molar-refractivity contribution in [2.75, 3.05) is 27.2 Å². The average Bonchev–Trinajstić information content (AvgIpc) is 2.92. The quantitative estimate of drug-likeness (QED) is 0.374. The molecule has 0 unspecified atom stereocenters. The molecule has 0 bridgehead atoms. The van der Waals surface area contributed by atoms with Gasteiger partial charge in [0, 0.05) is 20.6 Å². The van der Waals surface area contributed by atoms with Crippen LogP contribution in [-0.2, 0) is 11.3 Å². The molecule has 0 atom stereocenters. The first-order chi connectivity index (χ1) is 12.0. The van der Waals surface area contributed by atoms with Crippen LogP contribution in [0.5, 0.6) is 0 Å². The molecule has 1 heterocycles. The standard InChI is InChI=1S/C18H31N5O2.HI/c1-13-14(2)25-16(22-13)11-20-18(21-12-17(24)23(3)4)19-10-15-8-6-5-7-9-15;/h15H,5-12H2,1-4H3,(H2,19,20,21);1H. The molecule has 0 aromatic carbocycles. The van der Waals surface area contributed by atoms with E-state index in [1.54, 1.807) is 19.0 Å². The number of carbonyl (C=O) groups is 1. The fourth-order valence-electron chi connectivity index (χ4n) is 2.87. The van der Waals surface area contributed by atoms with Gasteiger partial charge in [-0.15, -0.1) is 24.0 Å². The number of nitrogens with one attached hydrogen (secondary N) is 2. The van der Waals surface area contributed by atoms with Crippen LogP contribution in [0.4, 0.5) is 0 Å². The second-order valence-electron chi connectivity index (χ2n) is 6.94. The van der Waals surface area contributed by atoms with E-state index in [1.165, 1.54) is 32.1 Å². The number of nitrogens with zero attached hydrogens (tertiary/aromatic N) is 3. The number of aliphatic imine (C=N–C) groups is 1. The number of rotatable bonds is 6. The van der Waals surface area contributed by atoms with Gasteiger partial charge in [0.25, 0.3) is 0 Å². The summed E-state index contributed by atoms with van der Waals surface area (Å²) in [5, 5.41) is 6.60. The molecule has 2 N–H and O–H groups in total. The molecule has 1 amide bonds. The second-order valence-corrected chi connectivity index (χ2v) is 6.94. The van der Waals surface area contributed by atoms with Gasteiger partial charge in [-0.25, -0.2) is 9.98 Å². The van der Waals surface area contributed by atoms with Crippen molar-refractivity contribution in [2.45, 2.75) is 52.5 Å². The van der Waals surface area contributed by atoms with Crippen LogP contribution >= 0.6 is 24.0 Å². The van der Waals surface area contributed by atoms with E-state index in [-0.39, 0.29) is 36.4 Å². The number of aryl methyl sites for hydroxylation is 2. The topological polar surface area (TPSA) is 82.8 Å². The van der Waals surface area contributed by atoms with Crippen LogP contribution in [0.15, 0.2) is 9.41 Å². The summed E-state index contributed by atoms with van der Waals surface area (Å²) >= 11 is 0. The first kappa shape index (κ1) is 22.7. The fourth-order valence-corrected chi connectivity index (χ4v) is 2.87. The lowest BCUT2D eigenvalue weighted by Gasteiger charge is -2.23. The highest BCUT2D eigenvalue weighted by atomic mass is 127. The Morgan fingerprint density at radius 2 is 1.92 bits per heavy atom. The van der Waals surface area contributed by atoms with Gasteiger partial charge in [0.1, 0.15) is 12.3 Å². The van der Waals surface area contributed by atoms with E-state index in [0.717, 1.165) is 18.0 Å². The molecule has 7 nitrogen and oxygen atoms in total. The second kappa shape index (κ2) is 11.4. The number of guanidine groups is 1. The van der Waals surface area contributed by atoms with Gasteiger partial charge in [-0.3, -0.25) is 4.79 Å². The average molecular weight is 477 g/mol. The van der Waals surface area contributed by atoms with Crippen molar-refractivity contribution < 1.29 is 9.21 Å². The third kappa shape index (κ3) is 7.51. The molecule has 0 radical (unpaired) electrons. The first-order valence-electron chi connectivity index (χ1n) is 9.11. The summed E-state index contributed by atoms with van der Waals surface area (Å²) in [5.41, 5.74) is 0.897. The third-order valence-corrected chi connectivity index (χ3v) is 4.63. The summed E-state index contributed by atoms with van der Waals surface area (Å²) in [6, 6.07) is 0. The van der Waals surface area contributed by atoms with Crippen LogP contribution in [0.3, 0.4) is 0 Å².